The molecule has 0 aliphatic rings. The van der Waals surface area contributed by atoms with E-state index >= 15 is 0 Å². The molecule has 0 radical (unpaired) electrons. The summed E-state index contributed by atoms with van der Waals surface area (Å²) in [6.45, 7) is 5.60. The van der Waals surface area contributed by atoms with E-state index in [4.69, 9.17) is 9.52 Å². The Labute approximate surface area is 123 Å². The summed E-state index contributed by atoms with van der Waals surface area (Å²) in [6.07, 6.45) is 0.739. The van der Waals surface area contributed by atoms with Crippen LogP contribution in [0.15, 0.2) is 21.6 Å². The molecule has 8 heteroatoms. The minimum absolute atomic E-state index is 0.384. The second-order valence-electron chi connectivity index (χ2n) is 5.08. The Morgan fingerprint density at radius 3 is 2.38 bits per heavy atom. The molecule has 0 spiro atoms. The van der Waals surface area contributed by atoms with Crippen molar-refractivity contribution < 1.29 is 27.5 Å². The Hall–Kier alpha value is -1.83. The Morgan fingerprint density at radius 2 is 1.90 bits per heavy atom. The first-order valence-electron chi connectivity index (χ1n) is 6.51. The molecule has 1 aromatic heterocycles. The van der Waals surface area contributed by atoms with Gasteiger partial charge < -0.3 is 14.8 Å². The number of carbonyl (C=O) groups is 2. The van der Waals surface area contributed by atoms with Gasteiger partial charge in [0, 0.05) is 6.54 Å². The summed E-state index contributed by atoms with van der Waals surface area (Å²) in [6, 6.07) is 2.08. The highest BCUT2D eigenvalue weighted by Crippen LogP contribution is 2.19. The monoisotopic (exact) mass is 317 g/mol. The molecule has 1 unspecified atom stereocenters. The van der Waals surface area contributed by atoms with Gasteiger partial charge in [0.2, 0.25) is 26.6 Å². The normalized spacial score (nSPS) is 13.1. The first-order valence-corrected chi connectivity index (χ1v) is 8.05. The standard InChI is InChI=1S/C13H19NO6S/c1-8(2)6-7-14-12(15)9(3)21(18,19)11-5-4-10(20-11)13(16)17/h4-5,8-9H,6-7H2,1-3H3,(H,14,15)(H,16,17). The topological polar surface area (TPSA) is 114 Å². The summed E-state index contributed by atoms with van der Waals surface area (Å²) >= 11 is 0. The van der Waals surface area contributed by atoms with E-state index in [1.54, 1.807) is 0 Å². The molecule has 0 bridgehead atoms. The van der Waals surface area contributed by atoms with Crippen LogP contribution in [0.5, 0.6) is 0 Å². The third-order valence-electron chi connectivity index (χ3n) is 2.93. The number of nitrogens with one attached hydrogen (secondary N) is 1. The number of carboxylic acids is 1. The van der Waals surface area contributed by atoms with Crippen LogP contribution in [0.2, 0.25) is 0 Å². The summed E-state index contributed by atoms with van der Waals surface area (Å²) in [5.41, 5.74) is 0. The van der Waals surface area contributed by atoms with E-state index < -0.39 is 37.8 Å². The summed E-state index contributed by atoms with van der Waals surface area (Å²) in [4.78, 5) is 22.5. The number of carboxylic acid groups (broad SMARTS) is 1. The maximum absolute atomic E-state index is 12.2. The van der Waals surface area contributed by atoms with Gasteiger partial charge in [0.1, 0.15) is 5.25 Å². The lowest BCUT2D eigenvalue weighted by Gasteiger charge is -2.12. The van der Waals surface area contributed by atoms with Gasteiger partial charge in [-0.1, -0.05) is 13.8 Å². The lowest BCUT2D eigenvalue weighted by Crippen LogP contribution is -2.38. The average molecular weight is 317 g/mol. The van der Waals surface area contributed by atoms with E-state index in [0.717, 1.165) is 18.6 Å². The maximum Gasteiger partial charge on any atom is 0.371 e. The quantitative estimate of drug-likeness (QED) is 0.783. The number of hydrogen-bond donors (Lipinski definition) is 2. The van der Waals surface area contributed by atoms with Gasteiger partial charge in [0.15, 0.2) is 0 Å². The number of amides is 1. The third-order valence-corrected chi connectivity index (χ3v) is 4.85. The number of sulfone groups is 1. The van der Waals surface area contributed by atoms with Crippen LogP contribution in [0.4, 0.5) is 0 Å². The van der Waals surface area contributed by atoms with Gasteiger partial charge in [0.05, 0.1) is 0 Å². The van der Waals surface area contributed by atoms with Crippen molar-refractivity contribution in [2.75, 3.05) is 6.54 Å². The Morgan fingerprint density at radius 1 is 1.29 bits per heavy atom. The minimum Gasteiger partial charge on any atom is -0.475 e. The molecule has 1 atom stereocenters. The van der Waals surface area contributed by atoms with Crippen molar-refractivity contribution in [2.45, 2.75) is 37.5 Å². The van der Waals surface area contributed by atoms with Crippen molar-refractivity contribution >= 4 is 21.7 Å². The van der Waals surface area contributed by atoms with Crippen LogP contribution in [0.25, 0.3) is 0 Å². The fourth-order valence-corrected chi connectivity index (χ4v) is 2.71. The first-order chi connectivity index (χ1) is 9.66. The van der Waals surface area contributed by atoms with Crippen molar-refractivity contribution in [2.24, 2.45) is 5.92 Å². The predicted molar refractivity (Wildman–Crippen MR) is 74.8 cm³/mol. The highest BCUT2D eigenvalue weighted by Gasteiger charge is 2.32. The Kier molecular flexibility index (Phi) is 5.54. The summed E-state index contributed by atoms with van der Waals surface area (Å²) < 4.78 is 29.1. The zero-order valence-corrected chi connectivity index (χ0v) is 12.9. The molecule has 0 fully saturated rings. The van der Waals surface area contributed by atoms with Gasteiger partial charge in [0.25, 0.3) is 0 Å². The Balaban J connectivity index is 2.80. The highest BCUT2D eigenvalue weighted by atomic mass is 32.2. The molecule has 1 rings (SSSR count). The molecule has 118 valence electrons. The van der Waals surface area contributed by atoms with Crippen molar-refractivity contribution in [3.63, 3.8) is 0 Å². The number of rotatable bonds is 7. The van der Waals surface area contributed by atoms with E-state index in [1.807, 2.05) is 13.8 Å². The molecular formula is C13H19NO6S. The second-order valence-corrected chi connectivity index (χ2v) is 7.28. The molecule has 0 aliphatic carbocycles. The molecule has 1 heterocycles. The first kappa shape index (κ1) is 17.2. The minimum atomic E-state index is -4.04. The lowest BCUT2D eigenvalue weighted by molar-refractivity contribution is -0.120. The largest absolute Gasteiger partial charge is 0.475 e. The fourth-order valence-electron chi connectivity index (χ4n) is 1.53. The van der Waals surface area contributed by atoms with E-state index in [1.165, 1.54) is 6.92 Å². The van der Waals surface area contributed by atoms with E-state index in [0.29, 0.717) is 12.5 Å². The van der Waals surface area contributed by atoms with Crippen LogP contribution in [-0.4, -0.2) is 37.2 Å². The molecule has 0 aromatic carbocycles. The fraction of sp³-hybridized carbons (Fsp3) is 0.538. The van der Waals surface area contributed by atoms with Crippen LogP contribution in [0, 0.1) is 5.92 Å². The predicted octanol–water partition coefficient (Wildman–Crippen LogP) is 1.30. The smallest absolute Gasteiger partial charge is 0.371 e. The lowest BCUT2D eigenvalue weighted by atomic mass is 10.1. The third kappa shape index (κ3) is 4.32. The number of furan rings is 1. The van der Waals surface area contributed by atoms with E-state index in [2.05, 4.69) is 5.32 Å². The molecular weight excluding hydrogens is 298 g/mol. The van der Waals surface area contributed by atoms with Crippen LogP contribution in [-0.2, 0) is 14.6 Å². The number of aromatic carboxylic acids is 1. The van der Waals surface area contributed by atoms with Crippen LogP contribution in [0.1, 0.15) is 37.7 Å². The highest BCUT2D eigenvalue weighted by molar-refractivity contribution is 7.92. The van der Waals surface area contributed by atoms with Gasteiger partial charge in [-0.05, 0) is 31.4 Å². The molecule has 0 saturated carbocycles. The van der Waals surface area contributed by atoms with Gasteiger partial charge in [-0.15, -0.1) is 0 Å². The number of hydrogen-bond acceptors (Lipinski definition) is 5. The van der Waals surface area contributed by atoms with Gasteiger partial charge in [-0.25, -0.2) is 13.2 Å². The molecule has 0 aliphatic heterocycles. The zero-order chi connectivity index (χ0) is 16.2. The second kappa shape index (κ2) is 6.75. The molecule has 21 heavy (non-hydrogen) atoms. The van der Waals surface area contributed by atoms with Gasteiger partial charge in [-0.2, -0.15) is 0 Å². The van der Waals surface area contributed by atoms with Crippen molar-refractivity contribution in [1.29, 1.82) is 0 Å². The molecule has 1 aromatic rings. The van der Waals surface area contributed by atoms with Crippen molar-refractivity contribution in [3.8, 4) is 0 Å². The van der Waals surface area contributed by atoms with Crippen LogP contribution in [0.3, 0.4) is 0 Å². The SMILES string of the molecule is CC(C)CCNC(=O)C(C)S(=O)(=O)c1ccc(C(=O)O)o1. The Bertz CT molecular complexity index is 616. The summed E-state index contributed by atoms with van der Waals surface area (Å²) in [5.74, 6) is -2.10. The van der Waals surface area contributed by atoms with Crippen LogP contribution >= 0.6 is 0 Å². The zero-order valence-electron chi connectivity index (χ0n) is 12.1. The van der Waals surface area contributed by atoms with Crippen molar-refractivity contribution in [3.05, 3.63) is 17.9 Å². The molecule has 0 saturated heterocycles. The molecule has 1 amide bonds. The molecule has 7 nitrogen and oxygen atoms in total. The van der Waals surface area contributed by atoms with Gasteiger partial charge >= 0.3 is 5.97 Å². The van der Waals surface area contributed by atoms with E-state index in [-0.39, 0.29) is 0 Å². The average Bonchev–Trinajstić information content (AvgIpc) is 2.87. The summed E-state index contributed by atoms with van der Waals surface area (Å²) in [7, 11) is -4.04. The number of carbonyl (C=O) groups excluding carboxylic acids is 1. The van der Waals surface area contributed by atoms with Crippen LogP contribution < -0.4 is 5.32 Å². The van der Waals surface area contributed by atoms with Gasteiger partial charge in [-0.3, -0.25) is 4.79 Å². The maximum atomic E-state index is 12.2. The van der Waals surface area contributed by atoms with Crippen molar-refractivity contribution in [1.82, 2.24) is 5.32 Å². The molecule has 2 N–H and O–H groups in total. The van der Waals surface area contributed by atoms with E-state index in [9.17, 15) is 18.0 Å². The summed E-state index contributed by atoms with van der Waals surface area (Å²) in [5, 5.41) is 9.38.